The van der Waals surface area contributed by atoms with Crippen molar-refractivity contribution in [3.05, 3.63) is 65.2 Å². The normalized spacial score (nSPS) is 12.6. The Labute approximate surface area is 155 Å². The van der Waals surface area contributed by atoms with E-state index in [1.54, 1.807) is 0 Å². The van der Waals surface area contributed by atoms with Crippen LogP contribution >= 0.6 is 11.8 Å². The largest absolute Gasteiger partial charge is 0.478 e. The van der Waals surface area contributed by atoms with Crippen molar-refractivity contribution in [3.8, 4) is 5.75 Å². The number of ether oxygens (including phenoxy) is 1. The van der Waals surface area contributed by atoms with Crippen molar-refractivity contribution in [2.24, 2.45) is 15.9 Å². The molecule has 0 atom stereocenters. The fourth-order valence-corrected chi connectivity index (χ4v) is 2.47. The van der Waals surface area contributed by atoms with Crippen molar-refractivity contribution in [1.29, 1.82) is 0 Å². The van der Waals surface area contributed by atoms with Gasteiger partial charge in [-0.1, -0.05) is 42.1 Å². The maximum absolute atomic E-state index is 13.7. The minimum Gasteiger partial charge on any atom is -0.478 e. The molecule has 0 heterocycles. The highest BCUT2D eigenvalue weighted by atomic mass is 32.2. The fraction of sp³-hybridized carbons (Fsp3) is 0.176. The van der Waals surface area contributed by atoms with Gasteiger partial charge in [0.2, 0.25) is 0 Å². The predicted octanol–water partition coefficient (Wildman–Crippen LogP) is 4.49. The van der Waals surface area contributed by atoms with Crippen LogP contribution in [-0.2, 0) is 5.75 Å². The first-order valence-electron chi connectivity index (χ1n) is 7.46. The van der Waals surface area contributed by atoms with E-state index in [0.29, 0.717) is 5.75 Å². The minimum absolute atomic E-state index is 0.0473. The van der Waals surface area contributed by atoms with E-state index >= 15 is 0 Å². The molecule has 4 nitrogen and oxygen atoms in total. The highest BCUT2D eigenvalue weighted by Crippen LogP contribution is 2.25. The number of hydrogen-bond donors (Lipinski definition) is 1. The summed E-state index contributed by atoms with van der Waals surface area (Å²) < 4.78 is 67.8. The van der Waals surface area contributed by atoms with Gasteiger partial charge in [-0.15, -0.1) is 5.10 Å². The molecule has 10 heteroatoms. The van der Waals surface area contributed by atoms with Gasteiger partial charge < -0.3 is 10.5 Å². The molecule has 0 unspecified atom stereocenters. The Morgan fingerprint density at radius 3 is 2.33 bits per heavy atom. The molecule has 0 amide bonds. The molecular weight excluding hydrogens is 389 g/mol. The molecule has 27 heavy (non-hydrogen) atoms. The fourth-order valence-electron chi connectivity index (χ4n) is 1.86. The third-order valence-electron chi connectivity index (χ3n) is 2.99. The quantitative estimate of drug-likeness (QED) is 0.335. The Balaban J connectivity index is 1.97. The van der Waals surface area contributed by atoms with Crippen LogP contribution in [0.1, 0.15) is 11.1 Å². The summed E-state index contributed by atoms with van der Waals surface area (Å²) in [7, 11) is 0. The molecule has 0 aromatic heterocycles. The van der Waals surface area contributed by atoms with Gasteiger partial charge in [0.15, 0.2) is 29.2 Å². The van der Waals surface area contributed by atoms with Gasteiger partial charge in [0.25, 0.3) is 0 Å². The summed E-state index contributed by atoms with van der Waals surface area (Å²) >= 11 is 1.22. The minimum atomic E-state index is -4.71. The van der Waals surface area contributed by atoms with Crippen molar-refractivity contribution in [1.82, 2.24) is 0 Å². The standard InChI is InChI=1S/C17H14F5N3OS/c18-13-6-12(7-14(19)15(13)26-10-17(20,21)22)8-24-25-16(23)27-9-11-4-2-1-3-5-11/h1-8H,9-10H2,(H2,23,25). The number of nitrogens with zero attached hydrogens (tertiary/aromatic N) is 2. The summed E-state index contributed by atoms with van der Waals surface area (Å²) in [5, 5.41) is 7.44. The zero-order valence-corrected chi connectivity index (χ0v) is 14.5. The Bertz CT molecular complexity index is 802. The average molecular weight is 403 g/mol. The molecule has 2 N–H and O–H groups in total. The summed E-state index contributed by atoms with van der Waals surface area (Å²) in [5.41, 5.74) is 6.66. The lowest BCUT2D eigenvalue weighted by Gasteiger charge is -2.10. The summed E-state index contributed by atoms with van der Waals surface area (Å²) in [6.07, 6.45) is -3.68. The molecule has 0 aliphatic rings. The highest BCUT2D eigenvalue weighted by Gasteiger charge is 2.29. The van der Waals surface area contributed by atoms with Crippen LogP contribution < -0.4 is 10.5 Å². The molecule has 0 aliphatic carbocycles. The number of nitrogens with two attached hydrogens (primary N) is 1. The molecule has 2 aromatic rings. The second kappa shape index (κ2) is 9.36. The van der Waals surface area contributed by atoms with Crippen LogP contribution in [0.5, 0.6) is 5.75 Å². The maximum Gasteiger partial charge on any atom is 0.422 e. The first-order chi connectivity index (χ1) is 12.7. The van der Waals surface area contributed by atoms with Crippen LogP contribution in [0.4, 0.5) is 22.0 Å². The number of amidine groups is 1. The third kappa shape index (κ3) is 7.26. The Morgan fingerprint density at radius 1 is 1.11 bits per heavy atom. The first-order valence-corrected chi connectivity index (χ1v) is 8.45. The Hall–Kier alpha value is -2.62. The Morgan fingerprint density at radius 2 is 1.74 bits per heavy atom. The highest BCUT2D eigenvalue weighted by molar-refractivity contribution is 8.13. The lowest BCUT2D eigenvalue weighted by Crippen LogP contribution is -2.20. The summed E-state index contributed by atoms with van der Waals surface area (Å²) in [5.74, 6) is -3.10. The van der Waals surface area contributed by atoms with Crippen LogP contribution in [0.25, 0.3) is 0 Å². The van der Waals surface area contributed by atoms with Crippen molar-refractivity contribution in [2.75, 3.05) is 6.61 Å². The zero-order valence-electron chi connectivity index (χ0n) is 13.7. The molecule has 0 fully saturated rings. The van der Waals surface area contributed by atoms with Crippen LogP contribution in [0.3, 0.4) is 0 Å². The van der Waals surface area contributed by atoms with Crippen molar-refractivity contribution in [3.63, 3.8) is 0 Å². The van der Waals surface area contributed by atoms with Crippen LogP contribution in [-0.4, -0.2) is 24.2 Å². The number of halogens is 5. The number of alkyl halides is 3. The van der Waals surface area contributed by atoms with E-state index in [1.165, 1.54) is 11.8 Å². The summed E-state index contributed by atoms with van der Waals surface area (Å²) in [6, 6.07) is 11.0. The molecule has 0 bridgehead atoms. The van der Waals surface area contributed by atoms with Crippen LogP contribution in [0, 0.1) is 11.6 Å². The van der Waals surface area contributed by atoms with Crippen molar-refractivity contribution < 1.29 is 26.7 Å². The molecule has 0 saturated heterocycles. The van der Waals surface area contributed by atoms with Crippen LogP contribution in [0.15, 0.2) is 52.7 Å². The second-order valence-electron chi connectivity index (χ2n) is 5.17. The first kappa shape index (κ1) is 20.7. The van der Waals surface area contributed by atoms with E-state index in [4.69, 9.17) is 5.73 Å². The SMILES string of the molecule is NC(=NN=Cc1cc(F)c(OCC(F)(F)F)c(F)c1)SCc1ccccc1. The molecule has 0 aliphatic heterocycles. The Kier molecular flexibility index (Phi) is 7.17. The van der Waals surface area contributed by atoms with E-state index in [0.717, 1.165) is 23.9 Å². The number of hydrogen-bond acceptors (Lipinski definition) is 4. The second-order valence-corrected chi connectivity index (χ2v) is 6.17. The van der Waals surface area contributed by atoms with Gasteiger partial charge in [0.1, 0.15) is 0 Å². The van der Waals surface area contributed by atoms with Gasteiger partial charge in [0.05, 0.1) is 6.21 Å². The van der Waals surface area contributed by atoms with E-state index < -0.39 is 30.2 Å². The maximum atomic E-state index is 13.7. The lowest BCUT2D eigenvalue weighted by molar-refractivity contribution is -0.154. The molecule has 0 radical (unpaired) electrons. The molecule has 2 aromatic carbocycles. The number of benzene rings is 2. The molecule has 0 spiro atoms. The zero-order chi connectivity index (χ0) is 19.9. The van der Waals surface area contributed by atoms with Crippen LogP contribution in [0.2, 0.25) is 0 Å². The lowest BCUT2D eigenvalue weighted by atomic mass is 10.2. The molecule has 144 valence electrons. The molecule has 0 saturated carbocycles. The predicted molar refractivity (Wildman–Crippen MR) is 94.9 cm³/mol. The summed E-state index contributed by atoms with van der Waals surface area (Å²) in [6.45, 7) is -1.80. The number of rotatable bonds is 6. The van der Waals surface area contributed by atoms with Gasteiger partial charge in [-0.05, 0) is 17.7 Å². The average Bonchev–Trinajstić information content (AvgIpc) is 2.59. The number of thioether (sulfide) groups is 1. The van der Waals surface area contributed by atoms with Crippen molar-refractivity contribution >= 4 is 23.1 Å². The van der Waals surface area contributed by atoms with Crippen molar-refractivity contribution in [2.45, 2.75) is 11.9 Å². The summed E-state index contributed by atoms with van der Waals surface area (Å²) in [4.78, 5) is 0. The molecular formula is C17H14F5N3OS. The topological polar surface area (TPSA) is 60.0 Å². The smallest absolute Gasteiger partial charge is 0.422 e. The van der Waals surface area contributed by atoms with E-state index in [9.17, 15) is 22.0 Å². The van der Waals surface area contributed by atoms with Gasteiger partial charge >= 0.3 is 6.18 Å². The van der Waals surface area contributed by atoms with E-state index in [2.05, 4.69) is 14.9 Å². The van der Waals surface area contributed by atoms with Gasteiger partial charge in [-0.25, -0.2) is 8.78 Å². The van der Waals surface area contributed by atoms with Gasteiger partial charge in [-0.3, -0.25) is 0 Å². The molecule has 2 rings (SSSR count). The van der Waals surface area contributed by atoms with E-state index in [-0.39, 0.29) is 10.7 Å². The van der Waals surface area contributed by atoms with Gasteiger partial charge in [-0.2, -0.15) is 18.3 Å². The van der Waals surface area contributed by atoms with E-state index in [1.807, 2.05) is 30.3 Å². The monoisotopic (exact) mass is 403 g/mol. The third-order valence-corrected chi connectivity index (χ3v) is 3.85. The van der Waals surface area contributed by atoms with Gasteiger partial charge in [0, 0.05) is 11.3 Å².